The van der Waals surface area contributed by atoms with Crippen molar-refractivity contribution in [2.45, 2.75) is 50.1 Å². The van der Waals surface area contributed by atoms with Gasteiger partial charge < -0.3 is 20.9 Å². The number of benzene rings is 1. The van der Waals surface area contributed by atoms with Gasteiger partial charge in [0.1, 0.15) is 29.6 Å². The molecule has 1 fully saturated rings. The molecule has 0 saturated carbocycles. The zero-order valence-electron chi connectivity index (χ0n) is 23.6. The number of nitrogens with zero attached hydrogens (tertiary/aromatic N) is 5. The van der Waals surface area contributed by atoms with Crippen molar-refractivity contribution in [3.63, 3.8) is 0 Å². The Morgan fingerprint density at radius 1 is 1.07 bits per heavy atom. The van der Waals surface area contributed by atoms with E-state index < -0.39 is 78.2 Å². The number of halogens is 9. The van der Waals surface area contributed by atoms with Crippen molar-refractivity contribution < 1.29 is 44.7 Å². The van der Waals surface area contributed by atoms with Crippen LogP contribution in [0.15, 0.2) is 28.9 Å². The molecule has 0 spiro atoms. The number of rotatable bonds is 11. The van der Waals surface area contributed by atoms with E-state index in [0.717, 1.165) is 12.1 Å². The number of alkyl halides is 6. The fourth-order valence-electron chi connectivity index (χ4n) is 5.33. The average molecular weight is 725 g/mol. The predicted molar refractivity (Wildman–Crippen MR) is 148 cm³/mol. The number of anilines is 1. The Morgan fingerprint density at radius 3 is 2.41 bits per heavy atom. The second-order valence-electron chi connectivity index (χ2n) is 10.7. The van der Waals surface area contributed by atoms with Gasteiger partial charge >= 0.3 is 6.03 Å². The van der Waals surface area contributed by atoms with E-state index in [1.165, 1.54) is 6.20 Å². The molecular formula is C27H25BrF8N8O2. The van der Waals surface area contributed by atoms with Gasteiger partial charge in [-0.1, -0.05) is 0 Å². The summed E-state index contributed by atoms with van der Waals surface area (Å²) >= 11 is 3.26. The molecule has 2 aromatic heterocycles. The van der Waals surface area contributed by atoms with Crippen LogP contribution in [0.25, 0.3) is 0 Å². The second-order valence-corrected chi connectivity index (χ2v) is 11.5. The van der Waals surface area contributed by atoms with Crippen molar-refractivity contribution in [3.8, 4) is 0 Å². The minimum absolute atomic E-state index is 0.0343. The van der Waals surface area contributed by atoms with E-state index >= 15 is 0 Å². The van der Waals surface area contributed by atoms with Gasteiger partial charge in [0.25, 0.3) is 18.3 Å². The highest BCUT2D eigenvalue weighted by atomic mass is 79.9. The first-order chi connectivity index (χ1) is 21.6. The van der Waals surface area contributed by atoms with E-state index in [9.17, 15) is 44.7 Å². The summed E-state index contributed by atoms with van der Waals surface area (Å²) < 4.78 is 115. The van der Waals surface area contributed by atoms with Crippen LogP contribution in [-0.2, 0) is 29.6 Å². The van der Waals surface area contributed by atoms with Crippen LogP contribution in [0, 0.1) is 11.6 Å². The van der Waals surface area contributed by atoms with E-state index in [0.29, 0.717) is 25.7 Å². The molecular weight excluding hydrogens is 700 g/mol. The minimum atomic E-state index is -4.03. The van der Waals surface area contributed by atoms with Gasteiger partial charge in [-0.2, -0.15) is 13.9 Å². The maximum atomic E-state index is 14.8. The highest BCUT2D eigenvalue weighted by molar-refractivity contribution is 9.10. The van der Waals surface area contributed by atoms with Gasteiger partial charge in [0, 0.05) is 51.3 Å². The van der Waals surface area contributed by atoms with Crippen LogP contribution in [0.1, 0.15) is 53.5 Å². The van der Waals surface area contributed by atoms with E-state index in [2.05, 4.69) is 46.9 Å². The Morgan fingerprint density at radius 2 is 1.76 bits per heavy atom. The summed E-state index contributed by atoms with van der Waals surface area (Å²) in [6, 6.07) is 1.11. The lowest BCUT2D eigenvalue weighted by Gasteiger charge is -2.29. The second kappa shape index (κ2) is 13.0. The topological polar surface area (TPSA) is 117 Å². The van der Waals surface area contributed by atoms with Gasteiger partial charge in [-0.25, -0.2) is 41.1 Å². The number of nitrogens with one attached hydrogen (secondary N) is 3. The monoisotopic (exact) mass is 724 g/mol. The van der Waals surface area contributed by atoms with E-state index in [1.807, 2.05) is 0 Å². The van der Waals surface area contributed by atoms with Crippen LogP contribution < -0.4 is 16.0 Å². The molecule has 3 N–H and O–H groups in total. The third kappa shape index (κ3) is 7.18. The molecule has 5 rings (SSSR count). The molecule has 1 saturated heterocycles. The number of fused-ring (bicyclic) bond motifs is 1. The molecule has 248 valence electrons. The summed E-state index contributed by atoms with van der Waals surface area (Å²) in [6.45, 7) is 0.330. The van der Waals surface area contributed by atoms with Gasteiger partial charge in [0.15, 0.2) is 0 Å². The fraction of sp³-hybridized carbons (Fsp3) is 0.444. The summed E-state index contributed by atoms with van der Waals surface area (Å²) in [5.74, 6) is -11.0. The van der Waals surface area contributed by atoms with Crippen LogP contribution in [0.2, 0.25) is 0 Å². The number of carbonyl (C=O) groups excluding carboxylic acids is 2. The molecule has 3 aromatic rings. The van der Waals surface area contributed by atoms with Gasteiger partial charge in [0.05, 0.1) is 21.8 Å². The van der Waals surface area contributed by atoms with Crippen molar-refractivity contribution in [1.29, 1.82) is 0 Å². The predicted octanol–water partition coefficient (Wildman–Crippen LogP) is 5.17. The van der Waals surface area contributed by atoms with Crippen LogP contribution in [0.4, 0.5) is 45.9 Å². The smallest absolute Gasteiger partial charge is 0.317 e. The lowest BCUT2D eigenvalue weighted by atomic mass is 9.89. The molecule has 0 radical (unpaired) electrons. The highest BCUT2D eigenvalue weighted by Crippen LogP contribution is 2.52. The zero-order chi connectivity index (χ0) is 33.4. The third-order valence-electron chi connectivity index (χ3n) is 7.35. The fourth-order valence-corrected chi connectivity index (χ4v) is 5.80. The Hall–Kier alpha value is -4.03. The molecule has 3 heterocycles. The molecule has 1 aliphatic heterocycles. The first kappa shape index (κ1) is 33.3. The first-order valence-electron chi connectivity index (χ1n) is 13.8. The largest absolute Gasteiger partial charge is 0.352 e. The van der Waals surface area contributed by atoms with Gasteiger partial charge in [-0.05, 0) is 40.0 Å². The number of hydrogen-bond acceptors (Lipinski definition) is 6. The van der Waals surface area contributed by atoms with Crippen LogP contribution in [0.3, 0.4) is 0 Å². The summed E-state index contributed by atoms with van der Waals surface area (Å²) in [7, 11) is 0. The molecule has 10 nitrogen and oxygen atoms in total. The summed E-state index contributed by atoms with van der Waals surface area (Å²) in [5, 5.41) is 11.3. The minimum Gasteiger partial charge on any atom is -0.352 e. The van der Waals surface area contributed by atoms with Crippen molar-refractivity contribution in [1.82, 2.24) is 35.3 Å². The van der Waals surface area contributed by atoms with Crippen LogP contribution in [-0.4, -0.2) is 62.8 Å². The number of carbonyl (C=O) groups is 2. The SMILES string of the molecule is O=C(Cn1nc(C(F)F)c2c1C(F)(F)CCC2(F)F)N[C@@H](Cc1cc(F)cc(F)c1)c1nc(NCCN2CCNC2=O)ncc1Br. The molecule has 0 bridgehead atoms. The number of hydrogen-bond donors (Lipinski definition) is 3. The normalized spacial score (nSPS) is 17.5. The summed E-state index contributed by atoms with van der Waals surface area (Å²) in [4.78, 5) is 35.1. The van der Waals surface area contributed by atoms with Crippen LogP contribution >= 0.6 is 15.9 Å². The summed E-state index contributed by atoms with van der Waals surface area (Å²) in [6.07, 6.45) is -5.38. The molecule has 0 unspecified atom stereocenters. The van der Waals surface area contributed by atoms with Gasteiger partial charge in [-0.3, -0.25) is 9.48 Å². The maximum Gasteiger partial charge on any atom is 0.317 e. The third-order valence-corrected chi connectivity index (χ3v) is 7.96. The van der Waals surface area contributed by atoms with Crippen molar-refractivity contribution in [3.05, 3.63) is 68.7 Å². The Kier molecular flexibility index (Phi) is 9.42. The van der Waals surface area contributed by atoms with Gasteiger partial charge in [-0.15, -0.1) is 0 Å². The van der Waals surface area contributed by atoms with Crippen molar-refractivity contribution in [2.75, 3.05) is 31.5 Å². The maximum absolute atomic E-state index is 14.8. The highest BCUT2D eigenvalue weighted by Gasteiger charge is 2.55. The van der Waals surface area contributed by atoms with E-state index in [4.69, 9.17) is 0 Å². The standard InChI is InChI=1S/C27H25BrF8N8O2/c28-16-11-39-24(37-3-5-43-6-4-38-25(43)46)41-20(16)17(9-13-7-14(29)10-15(30)8-13)40-18(45)12-44-22-19(21(42-44)23(31)32)26(33,34)1-2-27(22,35)36/h7-8,10-11,17,23H,1-6,9,12H2,(H,38,46)(H,40,45)(H,37,39,41)/t17-/m0/s1. The lowest BCUT2D eigenvalue weighted by molar-refractivity contribution is -0.123. The molecule has 19 heteroatoms. The molecule has 3 amide bonds. The number of urea groups is 1. The van der Waals surface area contributed by atoms with E-state index in [-0.39, 0.29) is 45.4 Å². The van der Waals surface area contributed by atoms with Gasteiger partial charge in [0.2, 0.25) is 11.9 Å². The molecule has 2 aliphatic rings. The number of aromatic nitrogens is 4. The quantitative estimate of drug-likeness (QED) is 0.235. The van der Waals surface area contributed by atoms with Crippen LogP contribution in [0.5, 0.6) is 0 Å². The average Bonchev–Trinajstić information content (AvgIpc) is 3.56. The Bertz CT molecular complexity index is 1620. The van der Waals surface area contributed by atoms with Crippen molar-refractivity contribution in [2.24, 2.45) is 0 Å². The Balaban J connectivity index is 1.43. The molecule has 1 aromatic carbocycles. The van der Waals surface area contributed by atoms with Crippen molar-refractivity contribution >= 4 is 33.8 Å². The number of amides is 3. The zero-order valence-corrected chi connectivity index (χ0v) is 25.2. The molecule has 1 aliphatic carbocycles. The lowest BCUT2D eigenvalue weighted by Crippen LogP contribution is -2.37. The first-order valence-corrected chi connectivity index (χ1v) is 14.6. The van der Waals surface area contributed by atoms with E-state index in [1.54, 1.807) is 4.90 Å². The molecule has 46 heavy (non-hydrogen) atoms. The molecule has 1 atom stereocenters. The Labute approximate surface area is 264 Å². The summed E-state index contributed by atoms with van der Waals surface area (Å²) in [5.41, 5.74) is -4.55.